The average molecular weight is 289 g/mol. The van der Waals surface area contributed by atoms with E-state index in [-0.39, 0.29) is 0 Å². The quantitative estimate of drug-likeness (QED) is 0.739. The molecule has 1 aromatic heterocycles. The third-order valence-corrected chi connectivity index (χ3v) is 3.69. The lowest BCUT2D eigenvalue weighted by Gasteiger charge is -1.91. The SMILES string of the molecule is Cc1c(N)sc2cc(I)ccc12. The number of hydrogen-bond donors (Lipinski definition) is 1. The van der Waals surface area contributed by atoms with Gasteiger partial charge in [0.05, 0.1) is 5.00 Å². The summed E-state index contributed by atoms with van der Waals surface area (Å²) in [6, 6.07) is 6.42. The van der Waals surface area contributed by atoms with Crippen molar-refractivity contribution in [1.82, 2.24) is 0 Å². The standard InChI is InChI=1S/C9H8INS/c1-5-7-3-2-6(10)4-8(7)12-9(5)11/h2-4H,11H2,1H3. The summed E-state index contributed by atoms with van der Waals surface area (Å²) in [5, 5.41) is 2.23. The van der Waals surface area contributed by atoms with E-state index in [4.69, 9.17) is 5.73 Å². The molecule has 0 atom stereocenters. The van der Waals surface area contributed by atoms with Crippen molar-refractivity contribution in [2.24, 2.45) is 0 Å². The van der Waals surface area contributed by atoms with Crippen molar-refractivity contribution >= 4 is 49.0 Å². The fourth-order valence-corrected chi connectivity index (χ4v) is 2.94. The smallest absolute Gasteiger partial charge is 0.0898 e. The predicted molar refractivity (Wildman–Crippen MR) is 63.7 cm³/mol. The Labute approximate surface area is 88.7 Å². The Hall–Kier alpha value is -0.290. The van der Waals surface area contributed by atoms with Gasteiger partial charge in [-0.05, 0) is 52.6 Å². The number of nitrogens with two attached hydrogens (primary N) is 1. The molecule has 0 aliphatic carbocycles. The van der Waals surface area contributed by atoms with Gasteiger partial charge in [0.15, 0.2) is 0 Å². The molecule has 1 heterocycles. The van der Waals surface area contributed by atoms with Gasteiger partial charge >= 0.3 is 0 Å². The number of fused-ring (bicyclic) bond motifs is 1. The molecule has 12 heavy (non-hydrogen) atoms. The van der Waals surface area contributed by atoms with Crippen molar-refractivity contribution in [3.63, 3.8) is 0 Å². The van der Waals surface area contributed by atoms with Crippen LogP contribution in [0.15, 0.2) is 18.2 Å². The van der Waals surface area contributed by atoms with Crippen molar-refractivity contribution < 1.29 is 0 Å². The van der Waals surface area contributed by atoms with E-state index >= 15 is 0 Å². The molecular formula is C9H8INS. The number of benzene rings is 1. The first-order valence-electron chi connectivity index (χ1n) is 3.62. The zero-order valence-corrected chi connectivity index (χ0v) is 9.57. The highest BCUT2D eigenvalue weighted by atomic mass is 127. The molecule has 0 bridgehead atoms. The molecule has 2 rings (SSSR count). The molecule has 2 N–H and O–H groups in total. The summed E-state index contributed by atoms with van der Waals surface area (Å²) in [7, 11) is 0. The molecule has 0 fully saturated rings. The monoisotopic (exact) mass is 289 g/mol. The van der Waals surface area contributed by atoms with E-state index in [9.17, 15) is 0 Å². The molecule has 0 amide bonds. The fourth-order valence-electron chi connectivity index (χ4n) is 1.22. The van der Waals surface area contributed by atoms with Gasteiger partial charge in [-0.25, -0.2) is 0 Å². The first-order chi connectivity index (χ1) is 5.68. The number of halogens is 1. The molecule has 0 radical (unpaired) electrons. The summed E-state index contributed by atoms with van der Waals surface area (Å²) in [5.74, 6) is 0. The van der Waals surface area contributed by atoms with Gasteiger partial charge in [-0.3, -0.25) is 0 Å². The molecule has 0 saturated carbocycles. The summed E-state index contributed by atoms with van der Waals surface area (Å²) in [4.78, 5) is 0. The van der Waals surface area contributed by atoms with Gasteiger partial charge in [0.25, 0.3) is 0 Å². The molecular weight excluding hydrogens is 281 g/mol. The minimum absolute atomic E-state index is 0.937. The highest BCUT2D eigenvalue weighted by molar-refractivity contribution is 14.1. The average Bonchev–Trinajstić information content (AvgIpc) is 2.28. The van der Waals surface area contributed by atoms with Crippen molar-refractivity contribution in [1.29, 1.82) is 0 Å². The molecule has 1 nitrogen and oxygen atoms in total. The molecule has 0 aliphatic heterocycles. The minimum atomic E-state index is 0.937. The zero-order chi connectivity index (χ0) is 8.72. The second-order valence-electron chi connectivity index (χ2n) is 2.73. The first kappa shape index (κ1) is 8.31. The maximum Gasteiger partial charge on any atom is 0.0898 e. The van der Waals surface area contributed by atoms with E-state index < -0.39 is 0 Å². The molecule has 2 aromatic rings. The second kappa shape index (κ2) is 2.88. The van der Waals surface area contributed by atoms with Crippen molar-refractivity contribution in [2.75, 3.05) is 5.73 Å². The maximum absolute atomic E-state index is 5.82. The number of aryl methyl sites for hydroxylation is 1. The Balaban J connectivity index is 2.87. The summed E-state index contributed by atoms with van der Waals surface area (Å²) < 4.78 is 2.55. The van der Waals surface area contributed by atoms with E-state index in [1.807, 2.05) is 0 Å². The lowest BCUT2D eigenvalue weighted by molar-refractivity contribution is 1.59. The van der Waals surface area contributed by atoms with Crippen LogP contribution in [0.5, 0.6) is 0 Å². The van der Waals surface area contributed by atoms with Gasteiger partial charge in [0.1, 0.15) is 0 Å². The first-order valence-corrected chi connectivity index (χ1v) is 5.52. The van der Waals surface area contributed by atoms with Crippen LogP contribution in [-0.4, -0.2) is 0 Å². The molecule has 0 unspecified atom stereocenters. The Bertz CT molecular complexity index is 433. The van der Waals surface area contributed by atoms with E-state index in [1.165, 1.54) is 19.2 Å². The third kappa shape index (κ3) is 1.21. The molecule has 0 spiro atoms. The lowest BCUT2D eigenvalue weighted by Crippen LogP contribution is -1.80. The van der Waals surface area contributed by atoms with Gasteiger partial charge in [-0.2, -0.15) is 0 Å². The van der Waals surface area contributed by atoms with E-state index in [2.05, 4.69) is 47.7 Å². The maximum atomic E-state index is 5.82. The normalized spacial score (nSPS) is 10.8. The largest absolute Gasteiger partial charge is 0.390 e. The van der Waals surface area contributed by atoms with Gasteiger partial charge < -0.3 is 5.73 Å². The summed E-state index contributed by atoms with van der Waals surface area (Å²) in [5.41, 5.74) is 7.03. The van der Waals surface area contributed by atoms with E-state index in [1.54, 1.807) is 11.3 Å². The van der Waals surface area contributed by atoms with Crippen LogP contribution in [0, 0.1) is 10.5 Å². The third-order valence-electron chi connectivity index (χ3n) is 1.94. The predicted octanol–water partition coefficient (Wildman–Crippen LogP) is 3.40. The van der Waals surface area contributed by atoms with Crippen LogP contribution in [0.1, 0.15) is 5.56 Å². The molecule has 3 heteroatoms. The Morgan fingerprint density at radius 2 is 2.17 bits per heavy atom. The highest BCUT2D eigenvalue weighted by Gasteiger charge is 2.04. The number of hydrogen-bond acceptors (Lipinski definition) is 2. The molecule has 0 saturated heterocycles. The summed E-state index contributed by atoms with van der Waals surface area (Å²) in [6.07, 6.45) is 0. The summed E-state index contributed by atoms with van der Waals surface area (Å²) in [6.45, 7) is 2.07. The minimum Gasteiger partial charge on any atom is -0.390 e. The van der Waals surface area contributed by atoms with Crippen LogP contribution in [0.3, 0.4) is 0 Å². The lowest BCUT2D eigenvalue weighted by atomic mass is 10.2. The zero-order valence-electron chi connectivity index (χ0n) is 6.60. The van der Waals surface area contributed by atoms with Crippen LogP contribution in [-0.2, 0) is 0 Å². The van der Waals surface area contributed by atoms with Crippen LogP contribution < -0.4 is 5.73 Å². The van der Waals surface area contributed by atoms with Crippen LogP contribution in [0.4, 0.5) is 5.00 Å². The number of anilines is 1. The van der Waals surface area contributed by atoms with Crippen LogP contribution >= 0.6 is 33.9 Å². The fraction of sp³-hybridized carbons (Fsp3) is 0.111. The van der Waals surface area contributed by atoms with Gasteiger partial charge in [-0.1, -0.05) is 6.07 Å². The van der Waals surface area contributed by atoms with Gasteiger partial charge in [-0.15, -0.1) is 11.3 Å². The van der Waals surface area contributed by atoms with E-state index in [0.29, 0.717) is 0 Å². The number of thiophene rings is 1. The Morgan fingerprint density at radius 1 is 1.42 bits per heavy atom. The van der Waals surface area contributed by atoms with Crippen molar-refractivity contribution in [3.8, 4) is 0 Å². The second-order valence-corrected chi connectivity index (χ2v) is 5.06. The summed E-state index contributed by atoms with van der Waals surface area (Å²) >= 11 is 3.98. The van der Waals surface area contributed by atoms with Gasteiger partial charge in [0.2, 0.25) is 0 Å². The van der Waals surface area contributed by atoms with Crippen LogP contribution in [0.2, 0.25) is 0 Å². The molecule has 62 valence electrons. The topological polar surface area (TPSA) is 26.0 Å². The van der Waals surface area contributed by atoms with Gasteiger partial charge in [0, 0.05) is 8.27 Å². The van der Waals surface area contributed by atoms with Crippen molar-refractivity contribution in [3.05, 3.63) is 27.3 Å². The molecule has 0 aliphatic rings. The van der Waals surface area contributed by atoms with E-state index in [0.717, 1.165) is 5.00 Å². The Kier molecular flexibility index (Phi) is 2.00. The van der Waals surface area contributed by atoms with Crippen molar-refractivity contribution in [2.45, 2.75) is 6.92 Å². The number of nitrogen functional groups attached to an aromatic ring is 1. The van der Waals surface area contributed by atoms with Crippen LogP contribution in [0.25, 0.3) is 10.1 Å². The molecule has 1 aromatic carbocycles. The highest BCUT2D eigenvalue weighted by Crippen LogP contribution is 2.33. The Morgan fingerprint density at radius 3 is 2.92 bits per heavy atom. The number of rotatable bonds is 0.